The van der Waals surface area contributed by atoms with Crippen LogP contribution in [-0.2, 0) is 0 Å². The number of anilines is 3. The molecule has 0 bridgehead atoms. The van der Waals surface area contributed by atoms with E-state index in [1.165, 1.54) is 5.69 Å². The first kappa shape index (κ1) is 19.1. The molecule has 0 heterocycles. The van der Waals surface area contributed by atoms with E-state index in [1.54, 1.807) is 12.1 Å². The van der Waals surface area contributed by atoms with Crippen molar-refractivity contribution < 1.29 is 4.39 Å². The average molecular weight is 344 g/mol. The molecule has 2 aromatic rings. The molecule has 0 radical (unpaired) electrons. The topological polar surface area (TPSA) is 44.5 Å². The van der Waals surface area contributed by atoms with E-state index >= 15 is 0 Å². The predicted octanol–water partition coefficient (Wildman–Crippen LogP) is 4.47. The summed E-state index contributed by atoms with van der Waals surface area (Å²) in [7, 11) is 0. The van der Waals surface area contributed by atoms with E-state index in [0.717, 1.165) is 43.0 Å². The van der Waals surface area contributed by atoms with Crippen molar-refractivity contribution in [2.75, 3.05) is 41.4 Å². The zero-order chi connectivity index (χ0) is 18.4. The number of halogens is 1. The van der Waals surface area contributed by atoms with Crippen molar-refractivity contribution in [1.29, 1.82) is 0 Å². The SMILES string of the molecule is CCN(CC)c1ccc(-c2cc(F)c(NN)cc2N(CC)CC)cc1. The maximum absolute atomic E-state index is 14.3. The second-order valence-corrected chi connectivity index (χ2v) is 5.88. The van der Waals surface area contributed by atoms with Crippen LogP contribution in [0.1, 0.15) is 27.7 Å². The molecule has 2 aromatic carbocycles. The summed E-state index contributed by atoms with van der Waals surface area (Å²) in [5.74, 6) is 5.12. The van der Waals surface area contributed by atoms with Gasteiger partial charge in [-0.2, -0.15) is 0 Å². The Hall–Kier alpha value is -2.27. The molecule has 0 saturated heterocycles. The minimum absolute atomic E-state index is 0.311. The third-order valence-electron chi connectivity index (χ3n) is 4.65. The Bertz CT molecular complexity index is 677. The lowest BCUT2D eigenvalue weighted by Crippen LogP contribution is -2.23. The van der Waals surface area contributed by atoms with Gasteiger partial charge in [-0.25, -0.2) is 4.39 Å². The molecule has 0 aliphatic heterocycles. The van der Waals surface area contributed by atoms with Crippen LogP contribution in [0.3, 0.4) is 0 Å². The van der Waals surface area contributed by atoms with E-state index in [0.29, 0.717) is 5.69 Å². The minimum Gasteiger partial charge on any atom is -0.372 e. The first-order valence-electron chi connectivity index (χ1n) is 8.99. The van der Waals surface area contributed by atoms with Gasteiger partial charge in [0, 0.05) is 43.1 Å². The average Bonchev–Trinajstić information content (AvgIpc) is 2.65. The van der Waals surface area contributed by atoms with Crippen molar-refractivity contribution in [1.82, 2.24) is 0 Å². The highest BCUT2D eigenvalue weighted by atomic mass is 19.1. The molecule has 25 heavy (non-hydrogen) atoms. The fourth-order valence-corrected chi connectivity index (χ4v) is 3.17. The summed E-state index contributed by atoms with van der Waals surface area (Å²) in [4.78, 5) is 4.49. The standard InChI is InChI=1S/C20H29FN4/c1-5-24(6-2)16-11-9-15(10-12-16)17-13-18(21)19(23-22)14-20(17)25(7-3)8-4/h9-14,23H,5-8,22H2,1-4H3. The van der Waals surface area contributed by atoms with Crippen LogP contribution in [0.15, 0.2) is 36.4 Å². The smallest absolute Gasteiger partial charge is 0.148 e. The molecule has 0 aliphatic rings. The van der Waals surface area contributed by atoms with E-state index in [4.69, 9.17) is 5.84 Å². The number of nitrogens with two attached hydrogens (primary N) is 1. The fraction of sp³-hybridized carbons (Fsp3) is 0.400. The number of nitrogens with zero attached hydrogens (tertiary/aromatic N) is 2. The van der Waals surface area contributed by atoms with E-state index in [-0.39, 0.29) is 5.82 Å². The summed E-state index contributed by atoms with van der Waals surface area (Å²) in [5, 5.41) is 0. The molecule has 0 atom stereocenters. The van der Waals surface area contributed by atoms with Crippen LogP contribution in [0.25, 0.3) is 11.1 Å². The quantitative estimate of drug-likeness (QED) is 0.548. The van der Waals surface area contributed by atoms with Crippen molar-refractivity contribution >= 4 is 17.1 Å². The van der Waals surface area contributed by atoms with Gasteiger partial charge in [0.05, 0.1) is 5.69 Å². The number of hydrogen-bond acceptors (Lipinski definition) is 4. The van der Waals surface area contributed by atoms with Crippen LogP contribution in [0.4, 0.5) is 21.5 Å². The molecular formula is C20H29FN4. The third kappa shape index (κ3) is 4.04. The molecule has 0 fully saturated rings. The number of nitrogen functional groups attached to an aromatic ring is 1. The highest BCUT2D eigenvalue weighted by Crippen LogP contribution is 2.35. The first-order chi connectivity index (χ1) is 12.1. The lowest BCUT2D eigenvalue weighted by molar-refractivity contribution is 0.631. The Morgan fingerprint density at radius 2 is 1.44 bits per heavy atom. The second kappa shape index (κ2) is 8.72. The largest absolute Gasteiger partial charge is 0.372 e. The molecule has 2 rings (SSSR count). The van der Waals surface area contributed by atoms with E-state index < -0.39 is 0 Å². The van der Waals surface area contributed by atoms with Crippen molar-refractivity contribution in [3.8, 4) is 11.1 Å². The van der Waals surface area contributed by atoms with Crippen molar-refractivity contribution in [3.05, 3.63) is 42.2 Å². The van der Waals surface area contributed by atoms with Crippen LogP contribution in [0, 0.1) is 5.82 Å². The number of hydrazine groups is 1. The molecule has 3 N–H and O–H groups in total. The third-order valence-corrected chi connectivity index (χ3v) is 4.65. The summed E-state index contributed by atoms with van der Waals surface area (Å²) in [6, 6.07) is 11.7. The van der Waals surface area contributed by atoms with Crippen LogP contribution >= 0.6 is 0 Å². The molecule has 0 aliphatic carbocycles. The fourth-order valence-electron chi connectivity index (χ4n) is 3.17. The van der Waals surface area contributed by atoms with Crippen LogP contribution in [0.5, 0.6) is 0 Å². The summed E-state index contributed by atoms with van der Waals surface area (Å²) < 4.78 is 14.3. The van der Waals surface area contributed by atoms with Gasteiger partial charge in [0.1, 0.15) is 5.82 Å². The Balaban J connectivity index is 2.51. The van der Waals surface area contributed by atoms with E-state index in [1.807, 2.05) is 0 Å². The lowest BCUT2D eigenvalue weighted by Gasteiger charge is -2.26. The molecule has 0 amide bonds. The van der Waals surface area contributed by atoms with Gasteiger partial charge < -0.3 is 15.2 Å². The number of rotatable bonds is 8. The van der Waals surface area contributed by atoms with E-state index in [9.17, 15) is 4.39 Å². The van der Waals surface area contributed by atoms with Gasteiger partial charge in [-0.05, 0) is 57.5 Å². The zero-order valence-corrected chi connectivity index (χ0v) is 15.6. The zero-order valence-electron chi connectivity index (χ0n) is 15.6. The molecule has 0 unspecified atom stereocenters. The summed E-state index contributed by atoms with van der Waals surface area (Å²) >= 11 is 0. The van der Waals surface area contributed by atoms with E-state index in [2.05, 4.69) is 67.2 Å². The van der Waals surface area contributed by atoms with Crippen LogP contribution < -0.4 is 21.1 Å². The normalized spacial score (nSPS) is 10.6. The molecule has 0 spiro atoms. The summed E-state index contributed by atoms with van der Waals surface area (Å²) in [5.41, 5.74) is 6.80. The maximum atomic E-state index is 14.3. The van der Waals surface area contributed by atoms with Gasteiger partial charge in [-0.15, -0.1) is 0 Å². The van der Waals surface area contributed by atoms with Crippen molar-refractivity contribution in [2.45, 2.75) is 27.7 Å². The maximum Gasteiger partial charge on any atom is 0.148 e. The van der Waals surface area contributed by atoms with Gasteiger partial charge in [-0.3, -0.25) is 5.84 Å². The number of hydrogen-bond donors (Lipinski definition) is 2. The molecule has 0 aromatic heterocycles. The van der Waals surface area contributed by atoms with Crippen LogP contribution in [0.2, 0.25) is 0 Å². The molecule has 0 saturated carbocycles. The van der Waals surface area contributed by atoms with Crippen molar-refractivity contribution in [2.24, 2.45) is 5.84 Å². The Labute approximate surface area is 150 Å². The monoisotopic (exact) mass is 344 g/mol. The Morgan fingerprint density at radius 3 is 1.92 bits per heavy atom. The van der Waals surface area contributed by atoms with Crippen LogP contribution in [-0.4, -0.2) is 26.2 Å². The Kier molecular flexibility index (Phi) is 6.65. The number of benzene rings is 2. The minimum atomic E-state index is -0.346. The highest BCUT2D eigenvalue weighted by Gasteiger charge is 2.15. The first-order valence-corrected chi connectivity index (χ1v) is 8.99. The molecule has 5 heteroatoms. The molecule has 4 nitrogen and oxygen atoms in total. The van der Waals surface area contributed by atoms with Gasteiger partial charge >= 0.3 is 0 Å². The lowest BCUT2D eigenvalue weighted by atomic mass is 10.0. The molecular weight excluding hydrogens is 315 g/mol. The van der Waals surface area contributed by atoms with Gasteiger partial charge in [-0.1, -0.05) is 12.1 Å². The highest BCUT2D eigenvalue weighted by molar-refractivity contribution is 5.82. The summed E-state index contributed by atoms with van der Waals surface area (Å²) in [6.45, 7) is 12.1. The second-order valence-electron chi connectivity index (χ2n) is 5.88. The molecule has 136 valence electrons. The Morgan fingerprint density at radius 1 is 0.880 bits per heavy atom. The van der Waals surface area contributed by atoms with Crippen molar-refractivity contribution in [3.63, 3.8) is 0 Å². The van der Waals surface area contributed by atoms with Gasteiger partial charge in [0.2, 0.25) is 0 Å². The van der Waals surface area contributed by atoms with Gasteiger partial charge in [0.25, 0.3) is 0 Å². The number of nitrogens with one attached hydrogen (secondary N) is 1. The van der Waals surface area contributed by atoms with Gasteiger partial charge in [0.15, 0.2) is 0 Å². The summed E-state index contributed by atoms with van der Waals surface area (Å²) in [6.07, 6.45) is 0. The predicted molar refractivity (Wildman–Crippen MR) is 107 cm³/mol.